The SMILES string of the molecule is CCN(CC)CCOc1ccc(CNC(=O)c2cc(C(C)C)n(C(C)(C)C)n2)cc1OC. The summed E-state index contributed by atoms with van der Waals surface area (Å²) in [6, 6.07) is 7.63. The molecule has 1 N–H and O–H groups in total. The molecule has 7 nitrogen and oxygen atoms in total. The lowest BCUT2D eigenvalue weighted by Crippen LogP contribution is -2.28. The van der Waals surface area contributed by atoms with Gasteiger partial charge in [-0.1, -0.05) is 33.8 Å². The first-order chi connectivity index (χ1) is 15.1. The molecule has 0 aliphatic heterocycles. The van der Waals surface area contributed by atoms with Crippen molar-refractivity contribution in [2.75, 3.05) is 33.4 Å². The van der Waals surface area contributed by atoms with Crippen LogP contribution in [0.3, 0.4) is 0 Å². The summed E-state index contributed by atoms with van der Waals surface area (Å²) in [7, 11) is 1.63. The van der Waals surface area contributed by atoms with Crippen molar-refractivity contribution < 1.29 is 14.3 Å². The number of ether oxygens (including phenoxy) is 2. The molecule has 2 aromatic rings. The Hall–Kier alpha value is -2.54. The quantitative estimate of drug-likeness (QED) is 0.556. The van der Waals surface area contributed by atoms with E-state index < -0.39 is 0 Å². The minimum absolute atomic E-state index is 0.187. The Labute approximate surface area is 193 Å². The van der Waals surface area contributed by atoms with E-state index >= 15 is 0 Å². The molecule has 1 amide bonds. The first kappa shape index (κ1) is 25.7. The molecule has 0 atom stereocenters. The molecule has 0 unspecified atom stereocenters. The van der Waals surface area contributed by atoms with Gasteiger partial charge in [0, 0.05) is 18.8 Å². The van der Waals surface area contributed by atoms with Gasteiger partial charge in [0.25, 0.3) is 5.91 Å². The van der Waals surface area contributed by atoms with Gasteiger partial charge >= 0.3 is 0 Å². The van der Waals surface area contributed by atoms with Gasteiger partial charge in [-0.05, 0) is 63.5 Å². The number of nitrogens with one attached hydrogen (secondary N) is 1. The number of amides is 1. The molecule has 178 valence electrons. The summed E-state index contributed by atoms with van der Waals surface area (Å²) in [5.74, 6) is 1.46. The molecule has 0 aliphatic rings. The Morgan fingerprint density at radius 1 is 1.16 bits per heavy atom. The average Bonchev–Trinajstić information content (AvgIpc) is 3.22. The lowest BCUT2D eigenvalue weighted by molar-refractivity contribution is 0.0944. The number of methoxy groups -OCH3 is 1. The number of benzene rings is 1. The molecule has 0 aliphatic carbocycles. The second kappa shape index (κ2) is 11.4. The molecule has 1 aromatic carbocycles. The molecular formula is C25H40N4O3. The van der Waals surface area contributed by atoms with E-state index in [-0.39, 0.29) is 17.4 Å². The Balaban J connectivity index is 2.04. The minimum atomic E-state index is -0.188. The fourth-order valence-corrected chi connectivity index (χ4v) is 3.49. The predicted molar refractivity (Wildman–Crippen MR) is 129 cm³/mol. The van der Waals surface area contributed by atoms with Crippen LogP contribution in [0.1, 0.15) is 76.1 Å². The average molecular weight is 445 g/mol. The van der Waals surface area contributed by atoms with Gasteiger partial charge in [-0.25, -0.2) is 0 Å². The summed E-state index contributed by atoms with van der Waals surface area (Å²) < 4.78 is 13.4. The maximum atomic E-state index is 12.8. The van der Waals surface area contributed by atoms with Crippen LogP contribution < -0.4 is 14.8 Å². The molecule has 2 rings (SSSR count). The molecule has 32 heavy (non-hydrogen) atoms. The molecule has 0 saturated carbocycles. The van der Waals surface area contributed by atoms with Gasteiger partial charge in [0.1, 0.15) is 12.3 Å². The van der Waals surface area contributed by atoms with Crippen LogP contribution in [-0.2, 0) is 12.1 Å². The maximum absolute atomic E-state index is 12.8. The van der Waals surface area contributed by atoms with Gasteiger partial charge in [0.2, 0.25) is 0 Å². The number of hydrogen-bond donors (Lipinski definition) is 1. The summed E-state index contributed by atoms with van der Waals surface area (Å²) in [4.78, 5) is 15.1. The van der Waals surface area contributed by atoms with E-state index in [1.54, 1.807) is 7.11 Å². The molecule has 0 bridgehead atoms. The van der Waals surface area contributed by atoms with Crippen molar-refractivity contribution in [2.45, 2.75) is 66.5 Å². The fraction of sp³-hybridized carbons (Fsp3) is 0.600. The number of aromatic nitrogens is 2. The molecular weight excluding hydrogens is 404 g/mol. The lowest BCUT2D eigenvalue weighted by atomic mass is 10.1. The zero-order valence-corrected chi connectivity index (χ0v) is 21.0. The third-order valence-electron chi connectivity index (χ3n) is 5.44. The van der Waals surface area contributed by atoms with E-state index in [1.165, 1.54) is 0 Å². The van der Waals surface area contributed by atoms with E-state index in [4.69, 9.17) is 9.47 Å². The third kappa shape index (κ3) is 6.73. The summed E-state index contributed by atoms with van der Waals surface area (Å²) in [5.41, 5.74) is 2.24. The summed E-state index contributed by atoms with van der Waals surface area (Å²) in [5, 5.41) is 7.55. The van der Waals surface area contributed by atoms with Crippen molar-refractivity contribution in [1.29, 1.82) is 0 Å². The Morgan fingerprint density at radius 2 is 1.84 bits per heavy atom. The smallest absolute Gasteiger partial charge is 0.272 e. The highest BCUT2D eigenvalue weighted by molar-refractivity contribution is 5.92. The second-order valence-electron chi connectivity index (χ2n) is 9.24. The van der Waals surface area contributed by atoms with Crippen molar-refractivity contribution in [2.24, 2.45) is 0 Å². The monoisotopic (exact) mass is 444 g/mol. The topological polar surface area (TPSA) is 68.6 Å². The van der Waals surface area contributed by atoms with Crippen molar-refractivity contribution in [3.63, 3.8) is 0 Å². The van der Waals surface area contributed by atoms with Crippen molar-refractivity contribution in [3.8, 4) is 11.5 Å². The highest BCUT2D eigenvalue weighted by Gasteiger charge is 2.23. The standard InChI is InChI=1S/C25H40N4O3/c1-9-28(10-2)13-14-32-22-12-11-19(15-23(22)31-8)17-26-24(30)20-16-21(18(3)4)29(27-20)25(5,6)7/h11-12,15-16,18H,9-10,13-14,17H2,1-8H3,(H,26,30). The van der Waals surface area contributed by atoms with E-state index in [1.807, 2.05) is 28.9 Å². The van der Waals surface area contributed by atoms with Gasteiger partial charge in [-0.15, -0.1) is 0 Å². The third-order valence-corrected chi connectivity index (χ3v) is 5.44. The minimum Gasteiger partial charge on any atom is -0.493 e. The predicted octanol–water partition coefficient (Wildman–Crippen LogP) is 4.42. The van der Waals surface area contributed by atoms with Gasteiger partial charge in [0.05, 0.1) is 12.6 Å². The van der Waals surface area contributed by atoms with Gasteiger partial charge < -0.3 is 19.7 Å². The van der Waals surface area contributed by atoms with E-state index in [0.29, 0.717) is 30.3 Å². The van der Waals surface area contributed by atoms with Crippen molar-refractivity contribution >= 4 is 5.91 Å². The molecule has 0 saturated heterocycles. The molecule has 0 fully saturated rings. The van der Waals surface area contributed by atoms with Gasteiger partial charge in [0.15, 0.2) is 11.5 Å². The molecule has 0 spiro atoms. The fourth-order valence-electron chi connectivity index (χ4n) is 3.49. The summed E-state index contributed by atoms with van der Waals surface area (Å²) in [6.45, 7) is 18.6. The largest absolute Gasteiger partial charge is 0.493 e. The van der Waals surface area contributed by atoms with Crippen LogP contribution in [0.25, 0.3) is 0 Å². The van der Waals surface area contributed by atoms with Crippen LogP contribution in [0.2, 0.25) is 0 Å². The number of nitrogens with zero attached hydrogens (tertiary/aromatic N) is 3. The lowest BCUT2D eigenvalue weighted by Gasteiger charge is -2.23. The maximum Gasteiger partial charge on any atom is 0.272 e. The van der Waals surface area contributed by atoms with Crippen LogP contribution in [0.5, 0.6) is 11.5 Å². The number of carbonyl (C=O) groups excluding carboxylic acids is 1. The van der Waals surface area contributed by atoms with Crippen LogP contribution in [0.15, 0.2) is 24.3 Å². The summed E-state index contributed by atoms with van der Waals surface area (Å²) >= 11 is 0. The number of hydrogen-bond acceptors (Lipinski definition) is 5. The first-order valence-corrected chi connectivity index (χ1v) is 11.5. The molecule has 1 aromatic heterocycles. The van der Waals surface area contributed by atoms with Gasteiger partial charge in [-0.3, -0.25) is 9.48 Å². The van der Waals surface area contributed by atoms with E-state index in [0.717, 1.165) is 30.9 Å². The molecule has 0 radical (unpaired) electrons. The highest BCUT2D eigenvalue weighted by atomic mass is 16.5. The Kier molecular flexibility index (Phi) is 9.13. The zero-order chi connectivity index (χ0) is 23.9. The molecule has 7 heteroatoms. The number of carbonyl (C=O) groups is 1. The molecule has 1 heterocycles. The van der Waals surface area contributed by atoms with Crippen LogP contribution in [-0.4, -0.2) is 53.9 Å². The summed E-state index contributed by atoms with van der Waals surface area (Å²) in [6.07, 6.45) is 0. The Bertz CT molecular complexity index is 880. The van der Waals surface area contributed by atoms with Crippen LogP contribution in [0.4, 0.5) is 0 Å². The van der Waals surface area contributed by atoms with Crippen LogP contribution in [0, 0.1) is 0 Å². The van der Waals surface area contributed by atoms with Crippen molar-refractivity contribution in [3.05, 3.63) is 41.2 Å². The van der Waals surface area contributed by atoms with Gasteiger partial charge in [-0.2, -0.15) is 5.10 Å². The Morgan fingerprint density at radius 3 is 2.38 bits per heavy atom. The normalized spacial score (nSPS) is 11.8. The highest BCUT2D eigenvalue weighted by Crippen LogP contribution is 2.28. The van der Waals surface area contributed by atoms with Crippen molar-refractivity contribution in [1.82, 2.24) is 20.0 Å². The van der Waals surface area contributed by atoms with Crippen LogP contribution >= 0.6 is 0 Å². The first-order valence-electron chi connectivity index (χ1n) is 11.5. The van der Waals surface area contributed by atoms with E-state index in [2.05, 4.69) is 63.8 Å². The zero-order valence-electron chi connectivity index (χ0n) is 21.0. The number of likely N-dealkylation sites (N-methyl/N-ethyl adjacent to an activating group) is 1. The second-order valence-corrected chi connectivity index (χ2v) is 9.24. The van der Waals surface area contributed by atoms with E-state index in [9.17, 15) is 4.79 Å². The number of rotatable bonds is 11.